The van der Waals surface area contributed by atoms with Crippen LogP contribution in [0, 0.1) is 10.1 Å². The second-order valence-corrected chi connectivity index (χ2v) is 6.71. The van der Waals surface area contributed by atoms with Crippen molar-refractivity contribution in [1.29, 1.82) is 0 Å². The molecule has 1 heterocycles. The average Bonchev–Trinajstić information content (AvgIpc) is 2.84. The van der Waals surface area contributed by atoms with Crippen LogP contribution in [0.3, 0.4) is 0 Å². The van der Waals surface area contributed by atoms with E-state index in [9.17, 15) is 24.8 Å². The van der Waals surface area contributed by atoms with E-state index in [0.29, 0.717) is 0 Å². The van der Waals surface area contributed by atoms with E-state index in [-0.39, 0.29) is 32.6 Å². The lowest BCUT2D eigenvalue weighted by molar-refractivity contribution is -0.385. The van der Waals surface area contributed by atoms with Crippen LogP contribution in [0.2, 0.25) is 10.0 Å². The number of nitrogens with one attached hydrogen (secondary N) is 1. The van der Waals surface area contributed by atoms with Crippen LogP contribution in [0.15, 0.2) is 30.3 Å². The number of ketones is 1. The van der Waals surface area contributed by atoms with Crippen molar-refractivity contribution in [2.24, 2.45) is 0 Å². The number of ether oxygens (including phenoxy) is 1. The first-order valence-corrected chi connectivity index (χ1v) is 8.32. The number of nitro benzene ring substituents is 1. The molecule has 1 aliphatic rings. The zero-order valence-electron chi connectivity index (χ0n) is 13.8. The highest BCUT2D eigenvalue weighted by atomic mass is 35.5. The summed E-state index contributed by atoms with van der Waals surface area (Å²) in [6, 6.07) is 6.36. The van der Waals surface area contributed by atoms with Crippen LogP contribution in [-0.2, 0) is 10.4 Å². The molecule has 10 heteroatoms. The van der Waals surface area contributed by atoms with Crippen LogP contribution in [0.25, 0.3) is 0 Å². The Hall–Kier alpha value is -2.68. The molecular formula is C17H12Cl2N2O6. The molecular weight excluding hydrogens is 399 g/mol. The van der Waals surface area contributed by atoms with Crippen LogP contribution in [0.1, 0.15) is 22.3 Å². The molecule has 0 saturated heterocycles. The summed E-state index contributed by atoms with van der Waals surface area (Å²) in [5.41, 5.74) is -2.44. The van der Waals surface area contributed by atoms with Crippen molar-refractivity contribution < 1.29 is 24.4 Å². The molecule has 0 fully saturated rings. The third kappa shape index (κ3) is 3.23. The number of hydrogen-bond acceptors (Lipinski definition) is 6. The van der Waals surface area contributed by atoms with Crippen LogP contribution < -0.4 is 10.1 Å². The van der Waals surface area contributed by atoms with Gasteiger partial charge < -0.3 is 15.2 Å². The minimum atomic E-state index is -2.22. The molecule has 0 saturated carbocycles. The molecule has 1 amide bonds. The second kappa shape index (κ2) is 6.80. The lowest BCUT2D eigenvalue weighted by Gasteiger charge is -2.21. The minimum absolute atomic E-state index is 0.0168. The summed E-state index contributed by atoms with van der Waals surface area (Å²) in [7, 11) is 1.26. The summed E-state index contributed by atoms with van der Waals surface area (Å²) in [6.07, 6.45) is -0.656. The molecule has 140 valence electrons. The maximum Gasteiger partial charge on any atom is 0.311 e. The van der Waals surface area contributed by atoms with Crippen molar-refractivity contribution in [1.82, 2.24) is 0 Å². The molecule has 0 radical (unpaired) electrons. The predicted molar refractivity (Wildman–Crippen MR) is 97.6 cm³/mol. The summed E-state index contributed by atoms with van der Waals surface area (Å²) in [5, 5.41) is 24.7. The van der Waals surface area contributed by atoms with E-state index >= 15 is 0 Å². The molecule has 1 aliphatic heterocycles. The van der Waals surface area contributed by atoms with E-state index in [1.165, 1.54) is 31.4 Å². The zero-order chi connectivity index (χ0) is 19.9. The first-order chi connectivity index (χ1) is 12.7. The second-order valence-electron chi connectivity index (χ2n) is 5.87. The Bertz CT molecular complexity index is 994. The number of carbonyl (C=O) groups is 2. The highest BCUT2D eigenvalue weighted by Gasteiger charge is 2.48. The Kier molecular flexibility index (Phi) is 4.81. The quantitative estimate of drug-likeness (QED) is 0.443. The van der Waals surface area contributed by atoms with Crippen molar-refractivity contribution in [2.75, 3.05) is 12.4 Å². The highest BCUT2D eigenvalue weighted by molar-refractivity contribution is 6.36. The van der Waals surface area contributed by atoms with Crippen LogP contribution in [-0.4, -0.2) is 28.8 Å². The Labute approximate surface area is 162 Å². The third-order valence-corrected chi connectivity index (χ3v) is 4.72. The van der Waals surface area contributed by atoms with Crippen LogP contribution >= 0.6 is 23.2 Å². The Morgan fingerprint density at radius 2 is 2.04 bits per heavy atom. The van der Waals surface area contributed by atoms with Crippen molar-refractivity contribution in [2.45, 2.75) is 12.0 Å². The van der Waals surface area contributed by atoms with Gasteiger partial charge in [0.15, 0.2) is 17.1 Å². The smallest absolute Gasteiger partial charge is 0.311 e. The van der Waals surface area contributed by atoms with Gasteiger partial charge in [0.1, 0.15) is 0 Å². The Morgan fingerprint density at radius 3 is 2.67 bits per heavy atom. The van der Waals surface area contributed by atoms with E-state index < -0.39 is 34.3 Å². The monoisotopic (exact) mass is 410 g/mol. The number of aliphatic hydroxyl groups is 1. The molecule has 0 bridgehead atoms. The van der Waals surface area contributed by atoms with Gasteiger partial charge in [0.05, 0.1) is 29.2 Å². The number of methoxy groups -OCH3 is 1. The fraction of sp³-hybridized carbons (Fsp3) is 0.176. The summed E-state index contributed by atoms with van der Waals surface area (Å²) in [5.74, 6) is -1.53. The first kappa shape index (κ1) is 19.1. The van der Waals surface area contributed by atoms with Crippen molar-refractivity contribution in [3.8, 4) is 5.75 Å². The van der Waals surface area contributed by atoms with Gasteiger partial charge in [0.2, 0.25) is 0 Å². The number of fused-ring (bicyclic) bond motifs is 1. The van der Waals surface area contributed by atoms with Crippen molar-refractivity contribution in [3.05, 3.63) is 61.6 Å². The van der Waals surface area contributed by atoms with E-state index in [2.05, 4.69) is 5.32 Å². The topological polar surface area (TPSA) is 119 Å². The van der Waals surface area contributed by atoms with E-state index in [0.717, 1.165) is 6.07 Å². The molecule has 2 N–H and O–H groups in total. The predicted octanol–water partition coefficient (Wildman–Crippen LogP) is 3.32. The van der Waals surface area contributed by atoms with Gasteiger partial charge in [-0.2, -0.15) is 0 Å². The standard InChI is InChI=1S/C17H12Cl2N2O6/c1-27-14-3-2-8(4-12(14)21(25)26)13(22)7-17(24)15-10(19)5-9(18)6-11(15)20-16(17)23/h2-6,24H,7H2,1H3,(H,20,23)/t17-/m0/s1. The number of benzene rings is 2. The molecule has 0 spiro atoms. The number of nitrogens with zero attached hydrogens (tertiary/aromatic N) is 1. The molecule has 27 heavy (non-hydrogen) atoms. The number of Topliss-reactive ketones (excluding diaryl/α,β-unsaturated/α-hetero) is 1. The van der Waals surface area contributed by atoms with Crippen molar-refractivity contribution in [3.63, 3.8) is 0 Å². The summed E-state index contributed by atoms with van der Waals surface area (Å²) in [6.45, 7) is 0. The molecule has 8 nitrogen and oxygen atoms in total. The highest BCUT2D eigenvalue weighted by Crippen LogP contribution is 2.44. The van der Waals surface area contributed by atoms with Gasteiger partial charge >= 0.3 is 5.69 Å². The maximum absolute atomic E-state index is 12.6. The van der Waals surface area contributed by atoms with Gasteiger partial charge in [-0.1, -0.05) is 23.2 Å². The zero-order valence-corrected chi connectivity index (χ0v) is 15.3. The van der Waals surface area contributed by atoms with Gasteiger partial charge in [-0.05, 0) is 24.3 Å². The molecule has 1 atom stereocenters. The lowest BCUT2D eigenvalue weighted by Crippen LogP contribution is -2.36. The van der Waals surface area contributed by atoms with E-state index in [1.54, 1.807) is 0 Å². The Morgan fingerprint density at radius 1 is 1.33 bits per heavy atom. The summed E-state index contributed by atoms with van der Waals surface area (Å²) >= 11 is 12.0. The molecule has 0 aliphatic carbocycles. The number of carbonyl (C=O) groups excluding carboxylic acids is 2. The van der Waals surface area contributed by atoms with Crippen LogP contribution in [0.5, 0.6) is 5.75 Å². The number of nitro groups is 1. The maximum atomic E-state index is 12.6. The summed E-state index contributed by atoms with van der Waals surface area (Å²) < 4.78 is 4.89. The lowest BCUT2D eigenvalue weighted by atomic mass is 9.88. The summed E-state index contributed by atoms with van der Waals surface area (Å²) in [4.78, 5) is 35.4. The number of halogens is 2. The first-order valence-electron chi connectivity index (χ1n) is 7.56. The molecule has 0 unspecified atom stereocenters. The fourth-order valence-electron chi connectivity index (χ4n) is 2.94. The van der Waals surface area contributed by atoms with Gasteiger partial charge in [0, 0.05) is 22.2 Å². The molecule has 2 aromatic rings. The molecule has 2 aromatic carbocycles. The number of hydrogen-bond donors (Lipinski definition) is 2. The molecule has 3 rings (SSSR count). The van der Waals surface area contributed by atoms with Gasteiger partial charge in [0.25, 0.3) is 5.91 Å². The van der Waals surface area contributed by atoms with Gasteiger partial charge in [-0.25, -0.2) is 0 Å². The largest absolute Gasteiger partial charge is 0.490 e. The van der Waals surface area contributed by atoms with Crippen molar-refractivity contribution >= 4 is 46.3 Å². The third-order valence-electron chi connectivity index (χ3n) is 4.21. The SMILES string of the molecule is COc1ccc(C(=O)C[C@@]2(O)C(=O)Nc3cc(Cl)cc(Cl)c32)cc1[N+](=O)[O-]. The number of anilines is 1. The number of amides is 1. The van der Waals surface area contributed by atoms with E-state index in [4.69, 9.17) is 27.9 Å². The van der Waals surface area contributed by atoms with E-state index in [1.807, 2.05) is 0 Å². The normalized spacial score (nSPS) is 18.0. The Balaban J connectivity index is 1.99. The minimum Gasteiger partial charge on any atom is -0.490 e. The van der Waals surface area contributed by atoms with Crippen LogP contribution in [0.4, 0.5) is 11.4 Å². The fourth-order valence-corrected chi connectivity index (χ4v) is 3.59. The number of rotatable bonds is 5. The van der Waals surface area contributed by atoms with Gasteiger partial charge in [-0.15, -0.1) is 0 Å². The molecule has 0 aromatic heterocycles. The van der Waals surface area contributed by atoms with Gasteiger partial charge in [-0.3, -0.25) is 19.7 Å². The average molecular weight is 411 g/mol.